The zero-order valence-electron chi connectivity index (χ0n) is 11.9. The van der Waals surface area contributed by atoms with Crippen LogP contribution < -0.4 is 10.6 Å². The highest BCUT2D eigenvalue weighted by molar-refractivity contribution is 6.03. The molecule has 0 aliphatic heterocycles. The van der Waals surface area contributed by atoms with Gasteiger partial charge in [0.1, 0.15) is 0 Å². The van der Waals surface area contributed by atoms with Crippen molar-refractivity contribution in [3.63, 3.8) is 0 Å². The lowest BCUT2D eigenvalue weighted by Gasteiger charge is -2.06. The number of aromatic nitrogens is 2. The Morgan fingerprint density at radius 2 is 2.05 bits per heavy atom. The first-order valence-corrected chi connectivity index (χ1v) is 6.78. The molecule has 0 saturated carbocycles. The molecule has 0 saturated heterocycles. The van der Waals surface area contributed by atoms with Gasteiger partial charge in [-0.25, -0.2) is 0 Å². The van der Waals surface area contributed by atoms with Crippen molar-refractivity contribution in [2.24, 2.45) is 7.05 Å². The predicted molar refractivity (Wildman–Crippen MR) is 79.6 cm³/mol. The lowest BCUT2D eigenvalue weighted by molar-refractivity contribution is 0.102. The minimum Gasteiger partial charge on any atom is -0.322 e. The summed E-state index contributed by atoms with van der Waals surface area (Å²) < 4.78 is 1.61. The molecule has 20 heavy (non-hydrogen) atoms. The van der Waals surface area contributed by atoms with Gasteiger partial charge in [0.25, 0.3) is 5.91 Å². The molecule has 0 atom stereocenters. The number of nitrogens with one attached hydrogen (secondary N) is 2. The van der Waals surface area contributed by atoms with Crippen LogP contribution in [0.3, 0.4) is 0 Å². The molecule has 1 aromatic heterocycles. The quantitative estimate of drug-likeness (QED) is 0.792. The Morgan fingerprint density at radius 1 is 1.30 bits per heavy atom. The normalized spacial score (nSPS) is 10.5. The Bertz CT molecular complexity index is 560. The summed E-state index contributed by atoms with van der Waals surface area (Å²) in [6.45, 7) is 4.01. The molecular formula is C15H20N4O. The van der Waals surface area contributed by atoms with Gasteiger partial charge in [0.2, 0.25) is 0 Å². The van der Waals surface area contributed by atoms with Crippen molar-refractivity contribution >= 4 is 11.6 Å². The van der Waals surface area contributed by atoms with Crippen LogP contribution in [-0.4, -0.2) is 22.2 Å². The maximum atomic E-state index is 11.9. The first-order valence-electron chi connectivity index (χ1n) is 6.78. The van der Waals surface area contributed by atoms with E-state index in [2.05, 4.69) is 22.7 Å². The molecule has 2 aromatic rings. The van der Waals surface area contributed by atoms with Crippen molar-refractivity contribution in [2.75, 3.05) is 11.9 Å². The fourth-order valence-electron chi connectivity index (χ4n) is 1.86. The van der Waals surface area contributed by atoms with Crippen molar-refractivity contribution in [1.82, 2.24) is 15.1 Å². The number of nitrogens with zero attached hydrogens (tertiary/aromatic N) is 2. The summed E-state index contributed by atoms with van der Waals surface area (Å²) in [4.78, 5) is 11.9. The molecule has 0 radical (unpaired) electrons. The van der Waals surface area contributed by atoms with E-state index < -0.39 is 0 Å². The van der Waals surface area contributed by atoms with Gasteiger partial charge in [-0.2, -0.15) is 5.10 Å². The molecule has 0 bridgehead atoms. The van der Waals surface area contributed by atoms with Crippen molar-refractivity contribution in [3.8, 4) is 0 Å². The van der Waals surface area contributed by atoms with Gasteiger partial charge in [0.15, 0.2) is 0 Å². The summed E-state index contributed by atoms with van der Waals surface area (Å²) in [6, 6.07) is 7.86. The topological polar surface area (TPSA) is 58.9 Å². The number of benzene rings is 1. The van der Waals surface area contributed by atoms with Crippen LogP contribution in [0.5, 0.6) is 0 Å². The molecule has 1 aromatic carbocycles. The van der Waals surface area contributed by atoms with Crippen LogP contribution in [-0.2, 0) is 13.6 Å². The second-order valence-corrected chi connectivity index (χ2v) is 4.73. The number of amides is 1. The van der Waals surface area contributed by atoms with Crippen LogP contribution in [0, 0.1) is 0 Å². The molecule has 2 N–H and O–H groups in total. The molecular weight excluding hydrogens is 252 g/mol. The molecule has 0 fully saturated rings. The van der Waals surface area contributed by atoms with Gasteiger partial charge in [0.05, 0.1) is 11.8 Å². The van der Waals surface area contributed by atoms with Crippen molar-refractivity contribution < 1.29 is 4.79 Å². The van der Waals surface area contributed by atoms with E-state index in [0.717, 1.165) is 25.2 Å². The zero-order valence-corrected chi connectivity index (χ0v) is 11.9. The third-order valence-corrected chi connectivity index (χ3v) is 2.93. The number of aryl methyl sites for hydroxylation is 1. The summed E-state index contributed by atoms with van der Waals surface area (Å²) in [7, 11) is 1.79. The smallest absolute Gasteiger partial charge is 0.258 e. The zero-order chi connectivity index (χ0) is 14.4. The fourth-order valence-corrected chi connectivity index (χ4v) is 1.86. The van der Waals surface area contributed by atoms with Gasteiger partial charge in [0, 0.05) is 25.5 Å². The number of hydrogen-bond acceptors (Lipinski definition) is 3. The Labute approximate surface area is 119 Å². The first kappa shape index (κ1) is 14.3. The molecule has 5 heteroatoms. The van der Waals surface area contributed by atoms with Crippen LogP contribution in [0.4, 0.5) is 5.69 Å². The summed E-state index contributed by atoms with van der Waals surface area (Å²) in [5.74, 6) is -0.144. The number of rotatable bonds is 6. The van der Waals surface area contributed by atoms with Crippen molar-refractivity contribution in [1.29, 1.82) is 0 Å². The monoisotopic (exact) mass is 272 g/mol. The van der Waals surface area contributed by atoms with Crippen LogP contribution >= 0.6 is 0 Å². The lowest BCUT2D eigenvalue weighted by atomic mass is 10.2. The minimum atomic E-state index is -0.144. The maximum Gasteiger partial charge on any atom is 0.258 e. The third kappa shape index (κ3) is 3.93. The van der Waals surface area contributed by atoms with E-state index in [1.54, 1.807) is 24.1 Å². The fraction of sp³-hybridized carbons (Fsp3) is 0.333. The molecule has 5 nitrogen and oxygen atoms in total. The number of hydrogen-bond donors (Lipinski definition) is 2. The van der Waals surface area contributed by atoms with Crippen LogP contribution in [0.25, 0.3) is 0 Å². The summed E-state index contributed by atoms with van der Waals surface area (Å²) in [5, 5.41) is 10.2. The Hall–Kier alpha value is -2.14. The van der Waals surface area contributed by atoms with E-state index >= 15 is 0 Å². The van der Waals surface area contributed by atoms with Crippen LogP contribution in [0.2, 0.25) is 0 Å². The molecule has 1 amide bonds. The van der Waals surface area contributed by atoms with E-state index in [4.69, 9.17) is 0 Å². The Kier molecular flexibility index (Phi) is 4.90. The third-order valence-electron chi connectivity index (χ3n) is 2.93. The SMILES string of the molecule is CCCNCc1ccc(NC(=O)c2cnn(C)c2)cc1. The molecule has 2 rings (SSSR count). The maximum absolute atomic E-state index is 11.9. The van der Waals surface area contributed by atoms with Gasteiger partial charge < -0.3 is 10.6 Å². The van der Waals surface area contributed by atoms with E-state index in [-0.39, 0.29) is 5.91 Å². The van der Waals surface area contributed by atoms with Crippen molar-refractivity contribution in [2.45, 2.75) is 19.9 Å². The van der Waals surface area contributed by atoms with E-state index in [0.29, 0.717) is 5.56 Å². The average molecular weight is 272 g/mol. The number of carbonyl (C=O) groups is 1. The van der Waals surface area contributed by atoms with Crippen molar-refractivity contribution in [3.05, 3.63) is 47.8 Å². The molecule has 0 aliphatic carbocycles. The average Bonchev–Trinajstić information content (AvgIpc) is 2.88. The molecule has 0 aliphatic rings. The van der Waals surface area contributed by atoms with Gasteiger partial charge in [-0.3, -0.25) is 9.48 Å². The Balaban J connectivity index is 1.91. The lowest BCUT2D eigenvalue weighted by Crippen LogP contribution is -2.14. The summed E-state index contributed by atoms with van der Waals surface area (Å²) in [5.41, 5.74) is 2.55. The molecule has 0 spiro atoms. The highest BCUT2D eigenvalue weighted by atomic mass is 16.1. The Morgan fingerprint density at radius 3 is 2.65 bits per heavy atom. The molecule has 106 valence electrons. The largest absolute Gasteiger partial charge is 0.322 e. The van der Waals surface area contributed by atoms with Gasteiger partial charge in [-0.1, -0.05) is 19.1 Å². The van der Waals surface area contributed by atoms with Gasteiger partial charge in [-0.05, 0) is 30.7 Å². The van der Waals surface area contributed by atoms with Gasteiger partial charge in [-0.15, -0.1) is 0 Å². The summed E-state index contributed by atoms with van der Waals surface area (Å²) in [6.07, 6.45) is 4.37. The first-order chi connectivity index (χ1) is 9.69. The second kappa shape index (κ2) is 6.86. The van der Waals surface area contributed by atoms with Crippen LogP contribution in [0.15, 0.2) is 36.7 Å². The highest BCUT2D eigenvalue weighted by Gasteiger charge is 2.07. The minimum absolute atomic E-state index is 0.144. The van der Waals surface area contributed by atoms with E-state index in [9.17, 15) is 4.79 Å². The highest BCUT2D eigenvalue weighted by Crippen LogP contribution is 2.11. The van der Waals surface area contributed by atoms with Gasteiger partial charge >= 0.3 is 0 Å². The standard InChI is InChI=1S/C15H20N4O/c1-3-8-16-9-12-4-6-14(7-5-12)18-15(20)13-10-17-19(2)11-13/h4-7,10-11,16H,3,8-9H2,1-2H3,(H,18,20). The van der Waals surface area contributed by atoms with E-state index in [1.165, 1.54) is 5.56 Å². The second-order valence-electron chi connectivity index (χ2n) is 4.73. The molecule has 1 heterocycles. The number of anilines is 1. The predicted octanol–water partition coefficient (Wildman–Crippen LogP) is 2.17. The van der Waals surface area contributed by atoms with Crippen LogP contribution in [0.1, 0.15) is 29.3 Å². The number of carbonyl (C=O) groups excluding carboxylic acids is 1. The molecule has 0 unspecified atom stereocenters. The summed E-state index contributed by atoms with van der Waals surface area (Å²) >= 11 is 0. The van der Waals surface area contributed by atoms with E-state index in [1.807, 2.05) is 24.3 Å².